The molecule has 1 fully saturated rings. The minimum absolute atomic E-state index is 0.501. The van der Waals surface area contributed by atoms with Gasteiger partial charge in [-0.25, -0.2) is 5.01 Å². The van der Waals surface area contributed by atoms with Crippen LogP contribution in [0, 0.1) is 0 Å². The predicted molar refractivity (Wildman–Crippen MR) is 36.6 cm³/mol. The second-order valence-corrected chi connectivity index (χ2v) is 2.44. The van der Waals surface area contributed by atoms with Crippen LogP contribution in [0.5, 0.6) is 0 Å². The van der Waals surface area contributed by atoms with Crippen molar-refractivity contribution in [1.82, 2.24) is 10.4 Å². The summed E-state index contributed by atoms with van der Waals surface area (Å²) in [5.41, 5.74) is 2.35. The van der Waals surface area contributed by atoms with E-state index in [1.54, 1.807) is 0 Å². The van der Waals surface area contributed by atoms with Gasteiger partial charge in [-0.05, 0) is 12.8 Å². The normalized spacial score (nSPS) is 24.9. The molecule has 0 saturated carbocycles. The zero-order chi connectivity index (χ0) is 8.27. The lowest BCUT2D eigenvalue weighted by molar-refractivity contribution is -0.143. The molecular formula is C6H10N2O3. The maximum atomic E-state index is 10.5. The fraction of sp³-hybridized carbons (Fsp3) is 0.667. The molecule has 1 amide bonds. The summed E-state index contributed by atoms with van der Waals surface area (Å²) < 4.78 is 0. The molecule has 5 heteroatoms. The van der Waals surface area contributed by atoms with Crippen LogP contribution in [0.2, 0.25) is 0 Å². The molecule has 1 rings (SSSR count). The second kappa shape index (κ2) is 3.34. The lowest BCUT2D eigenvalue weighted by atomic mass is 10.2. The van der Waals surface area contributed by atoms with Crippen LogP contribution >= 0.6 is 0 Å². The third-order valence-electron chi connectivity index (χ3n) is 1.76. The Kier molecular flexibility index (Phi) is 2.43. The Hall–Kier alpha value is -1.10. The number of aliphatic carboxylic acids is 1. The highest BCUT2D eigenvalue weighted by Crippen LogP contribution is 2.13. The average Bonchev–Trinajstić information content (AvgIpc) is 2.36. The molecule has 1 heterocycles. The molecule has 5 nitrogen and oxygen atoms in total. The monoisotopic (exact) mass is 158 g/mol. The van der Waals surface area contributed by atoms with E-state index >= 15 is 0 Å². The van der Waals surface area contributed by atoms with Crippen LogP contribution in [0.1, 0.15) is 12.8 Å². The van der Waals surface area contributed by atoms with Crippen molar-refractivity contribution in [3.63, 3.8) is 0 Å². The zero-order valence-electron chi connectivity index (χ0n) is 5.99. The molecule has 11 heavy (non-hydrogen) atoms. The van der Waals surface area contributed by atoms with E-state index in [0.29, 0.717) is 19.4 Å². The second-order valence-electron chi connectivity index (χ2n) is 2.44. The van der Waals surface area contributed by atoms with E-state index < -0.39 is 12.0 Å². The smallest absolute Gasteiger partial charge is 0.322 e. The van der Waals surface area contributed by atoms with Crippen LogP contribution in [-0.2, 0) is 9.59 Å². The first-order valence-corrected chi connectivity index (χ1v) is 3.45. The SMILES string of the molecule is O=CNN1CCC[C@H]1C(=O)O. The Morgan fingerprint density at radius 3 is 3.00 bits per heavy atom. The van der Waals surface area contributed by atoms with Crippen LogP contribution in [0.3, 0.4) is 0 Å². The Morgan fingerprint density at radius 1 is 1.73 bits per heavy atom. The Morgan fingerprint density at radius 2 is 2.45 bits per heavy atom. The number of hydrazine groups is 1. The third kappa shape index (κ3) is 1.68. The van der Waals surface area contributed by atoms with E-state index in [2.05, 4.69) is 5.43 Å². The van der Waals surface area contributed by atoms with Gasteiger partial charge in [0.15, 0.2) is 0 Å². The Balaban J connectivity index is 2.50. The first kappa shape index (κ1) is 8.00. The van der Waals surface area contributed by atoms with Gasteiger partial charge < -0.3 is 5.11 Å². The van der Waals surface area contributed by atoms with E-state index in [9.17, 15) is 9.59 Å². The average molecular weight is 158 g/mol. The Bertz CT molecular complexity index is 171. The molecule has 0 unspecified atom stereocenters. The number of hydrogen-bond acceptors (Lipinski definition) is 3. The molecule has 1 aliphatic rings. The number of nitrogens with one attached hydrogen (secondary N) is 1. The van der Waals surface area contributed by atoms with Gasteiger partial charge in [-0.1, -0.05) is 0 Å². The van der Waals surface area contributed by atoms with Gasteiger partial charge in [0, 0.05) is 6.54 Å². The number of carboxylic acid groups (broad SMARTS) is 1. The fourth-order valence-corrected chi connectivity index (χ4v) is 1.25. The lowest BCUT2D eigenvalue weighted by Gasteiger charge is -2.18. The van der Waals surface area contributed by atoms with Gasteiger partial charge in [-0.2, -0.15) is 0 Å². The summed E-state index contributed by atoms with van der Waals surface area (Å²) in [6.45, 7) is 0.621. The Labute approximate surface area is 64.0 Å². The standard InChI is InChI=1S/C6H10N2O3/c9-4-7-8-3-1-2-5(8)6(10)11/h4-5H,1-3H2,(H,7,9)(H,10,11)/t5-/m0/s1. The van der Waals surface area contributed by atoms with Crippen LogP contribution in [0.15, 0.2) is 0 Å². The summed E-state index contributed by atoms with van der Waals surface area (Å²) in [4.78, 5) is 20.5. The molecule has 1 aliphatic heterocycles. The maximum Gasteiger partial charge on any atom is 0.322 e. The molecule has 0 radical (unpaired) electrons. The van der Waals surface area contributed by atoms with Crippen LogP contribution in [0.25, 0.3) is 0 Å². The van der Waals surface area contributed by atoms with Crippen LogP contribution in [-0.4, -0.2) is 35.1 Å². The zero-order valence-corrected chi connectivity index (χ0v) is 5.99. The van der Waals surface area contributed by atoms with Crippen LogP contribution < -0.4 is 5.43 Å². The van der Waals surface area contributed by atoms with Gasteiger partial charge in [0.1, 0.15) is 6.04 Å². The number of carbonyl (C=O) groups is 2. The highest BCUT2D eigenvalue weighted by atomic mass is 16.4. The molecule has 0 spiro atoms. The topological polar surface area (TPSA) is 69.6 Å². The van der Waals surface area contributed by atoms with Crippen molar-refractivity contribution in [3.8, 4) is 0 Å². The summed E-state index contributed by atoms with van der Waals surface area (Å²) in [7, 11) is 0. The summed E-state index contributed by atoms with van der Waals surface area (Å²) in [5.74, 6) is -0.878. The van der Waals surface area contributed by atoms with Crippen molar-refractivity contribution in [3.05, 3.63) is 0 Å². The largest absolute Gasteiger partial charge is 0.480 e. The van der Waals surface area contributed by atoms with Crippen molar-refractivity contribution >= 4 is 12.4 Å². The van der Waals surface area contributed by atoms with Gasteiger partial charge in [0.25, 0.3) is 0 Å². The van der Waals surface area contributed by atoms with E-state index in [1.165, 1.54) is 5.01 Å². The summed E-state index contributed by atoms with van der Waals surface area (Å²) in [6, 6.07) is -0.541. The molecule has 0 aromatic heterocycles. The molecular weight excluding hydrogens is 148 g/mol. The van der Waals surface area contributed by atoms with Crippen molar-refractivity contribution in [1.29, 1.82) is 0 Å². The minimum atomic E-state index is -0.878. The molecule has 62 valence electrons. The van der Waals surface area contributed by atoms with Crippen molar-refractivity contribution in [2.75, 3.05) is 6.54 Å². The van der Waals surface area contributed by atoms with Gasteiger partial charge in [0.2, 0.25) is 6.41 Å². The van der Waals surface area contributed by atoms with Gasteiger partial charge >= 0.3 is 5.97 Å². The number of carbonyl (C=O) groups excluding carboxylic acids is 1. The molecule has 0 bridgehead atoms. The van der Waals surface area contributed by atoms with Gasteiger partial charge in [0.05, 0.1) is 0 Å². The van der Waals surface area contributed by atoms with Gasteiger partial charge in [-0.3, -0.25) is 15.0 Å². The first-order chi connectivity index (χ1) is 5.25. The van der Waals surface area contributed by atoms with Gasteiger partial charge in [-0.15, -0.1) is 0 Å². The molecule has 1 saturated heterocycles. The van der Waals surface area contributed by atoms with E-state index in [-0.39, 0.29) is 0 Å². The number of amides is 1. The summed E-state index contributed by atoms with van der Waals surface area (Å²) in [5, 5.41) is 10.1. The first-order valence-electron chi connectivity index (χ1n) is 3.45. The van der Waals surface area contributed by atoms with Crippen molar-refractivity contribution in [2.24, 2.45) is 0 Å². The maximum absolute atomic E-state index is 10.5. The van der Waals surface area contributed by atoms with E-state index in [0.717, 1.165) is 6.42 Å². The van der Waals surface area contributed by atoms with E-state index in [1.807, 2.05) is 0 Å². The third-order valence-corrected chi connectivity index (χ3v) is 1.76. The molecule has 2 N–H and O–H groups in total. The number of rotatable bonds is 3. The summed E-state index contributed by atoms with van der Waals surface area (Å²) in [6.07, 6.45) is 1.93. The molecule has 1 atom stereocenters. The number of nitrogens with zero attached hydrogens (tertiary/aromatic N) is 1. The molecule has 0 aromatic carbocycles. The number of carboxylic acids is 1. The van der Waals surface area contributed by atoms with Crippen molar-refractivity contribution < 1.29 is 14.7 Å². The predicted octanol–water partition coefficient (Wildman–Crippen LogP) is -0.804. The quantitative estimate of drug-likeness (QED) is 0.527. The molecule has 0 aromatic rings. The van der Waals surface area contributed by atoms with Crippen molar-refractivity contribution in [2.45, 2.75) is 18.9 Å². The lowest BCUT2D eigenvalue weighted by Crippen LogP contribution is -2.44. The fourth-order valence-electron chi connectivity index (χ4n) is 1.25. The highest BCUT2D eigenvalue weighted by Gasteiger charge is 2.29. The molecule has 0 aliphatic carbocycles. The van der Waals surface area contributed by atoms with E-state index in [4.69, 9.17) is 5.11 Å². The minimum Gasteiger partial charge on any atom is -0.480 e. The highest BCUT2D eigenvalue weighted by molar-refractivity contribution is 5.74. The van der Waals surface area contributed by atoms with Crippen LogP contribution in [0.4, 0.5) is 0 Å². The summed E-state index contributed by atoms with van der Waals surface area (Å²) >= 11 is 0. The number of hydrogen-bond donors (Lipinski definition) is 2.